The van der Waals surface area contributed by atoms with E-state index in [1.807, 2.05) is 0 Å². The lowest BCUT2D eigenvalue weighted by molar-refractivity contribution is -0.136. The predicted octanol–water partition coefficient (Wildman–Crippen LogP) is -0.464. The van der Waals surface area contributed by atoms with Crippen LogP contribution in [0.4, 0.5) is 11.5 Å². The number of imide groups is 1. The lowest BCUT2D eigenvalue weighted by Gasteiger charge is -2.12. The van der Waals surface area contributed by atoms with Crippen LogP contribution in [0, 0.1) is 0 Å². The van der Waals surface area contributed by atoms with Gasteiger partial charge in [-0.05, 0) is 6.07 Å². The summed E-state index contributed by atoms with van der Waals surface area (Å²) < 4.78 is 0. The smallest absolute Gasteiger partial charge is 0.251 e. The van der Waals surface area contributed by atoms with Gasteiger partial charge in [-0.1, -0.05) is 0 Å². The molecule has 2 amide bonds. The molecule has 7 nitrogen and oxygen atoms in total. The van der Waals surface area contributed by atoms with Crippen LogP contribution in [0.1, 0.15) is 6.42 Å². The van der Waals surface area contributed by atoms with Gasteiger partial charge in [0.05, 0.1) is 6.42 Å². The molecule has 1 atom stereocenters. The van der Waals surface area contributed by atoms with Gasteiger partial charge >= 0.3 is 0 Å². The number of nitrogen functional groups attached to an aromatic ring is 1. The molecule has 1 aliphatic heterocycles. The molecule has 1 aliphatic rings. The van der Waals surface area contributed by atoms with Crippen LogP contribution in [0.2, 0.25) is 0 Å². The third-order valence-corrected chi connectivity index (χ3v) is 2.63. The van der Waals surface area contributed by atoms with Crippen molar-refractivity contribution >= 4 is 23.3 Å². The lowest BCUT2D eigenvalue weighted by atomic mass is 10.2. The molecular weight excluding hydrogens is 222 g/mol. The summed E-state index contributed by atoms with van der Waals surface area (Å²) in [5, 5.41) is 2.98. The molecule has 0 spiro atoms. The molecule has 0 saturated carbocycles. The molecule has 0 radical (unpaired) electrons. The van der Waals surface area contributed by atoms with E-state index in [1.165, 1.54) is 7.05 Å². The van der Waals surface area contributed by atoms with Crippen molar-refractivity contribution in [1.29, 1.82) is 0 Å². The summed E-state index contributed by atoms with van der Waals surface area (Å²) in [6, 6.07) is 2.85. The predicted molar refractivity (Wildman–Crippen MR) is 61.9 cm³/mol. The van der Waals surface area contributed by atoms with Crippen molar-refractivity contribution < 1.29 is 9.59 Å². The summed E-state index contributed by atoms with van der Waals surface area (Å²) in [5.74, 6) is 5.31. The molecule has 2 rings (SSSR count). The SMILES string of the molecule is CN1C(=O)CC(Nc2ccnc(NN)c2)C1=O. The second kappa shape index (κ2) is 4.38. The molecule has 0 aromatic carbocycles. The molecule has 1 aromatic heterocycles. The van der Waals surface area contributed by atoms with E-state index in [1.54, 1.807) is 18.3 Å². The molecule has 1 fully saturated rings. The van der Waals surface area contributed by atoms with Gasteiger partial charge < -0.3 is 10.7 Å². The Morgan fingerprint density at radius 2 is 2.29 bits per heavy atom. The van der Waals surface area contributed by atoms with Gasteiger partial charge in [-0.25, -0.2) is 10.8 Å². The topological polar surface area (TPSA) is 100 Å². The van der Waals surface area contributed by atoms with Crippen LogP contribution < -0.4 is 16.6 Å². The van der Waals surface area contributed by atoms with Gasteiger partial charge in [0.2, 0.25) is 5.91 Å². The van der Waals surface area contributed by atoms with Crippen LogP contribution in [0.25, 0.3) is 0 Å². The van der Waals surface area contributed by atoms with Gasteiger partial charge in [-0.15, -0.1) is 0 Å². The van der Waals surface area contributed by atoms with Crippen molar-refractivity contribution in [1.82, 2.24) is 9.88 Å². The number of hydrazine groups is 1. The zero-order valence-electron chi connectivity index (χ0n) is 9.30. The third kappa shape index (κ3) is 2.18. The molecule has 1 aromatic rings. The Kier molecular flexibility index (Phi) is 2.92. The molecule has 4 N–H and O–H groups in total. The maximum atomic E-state index is 11.7. The number of nitrogens with zero attached hydrogens (tertiary/aromatic N) is 2. The number of hydrogen-bond donors (Lipinski definition) is 3. The molecule has 2 heterocycles. The van der Waals surface area contributed by atoms with Crippen molar-refractivity contribution in [2.75, 3.05) is 17.8 Å². The first kappa shape index (κ1) is 11.3. The Morgan fingerprint density at radius 1 is 1.53 bits per heavy atom. The number of carbonyl (C=O) groups excluding carboxylic acids is 2. The summed E-state index contributed by atoms with van der Waals surface area (Å²) in [4.78, 5) is 28.1. The van der Waals surface area contributed by atoms with E-state index in [0.29, 0.717) is 11.5 Å². The Labute approximate surface area is 98.0 Å². The van der Waals surface area contributed by atoms with Gasteiger partial charge in [-0.3, -0.25) is 14.5 Å². The number of pyridine rings is 1. The summed E-state index contributed by atoms with van der Waals surface area (Å²) >= 11 is 0. The fourth-order valence-corrected chi connectivity index (χ4v) is 1.67. The molecule has 0 bridgehead atoms. The molecule has 90 valence electrons. The summed E-state index contributed by atoms with van der Waals surface area (Å²) in [5.41, 5.74) is 3.10. The molecule has 0 aliphatic carbocycles. The zero-order valence-corrected chi connectivity index (χ0v) is 9.30. The molecule has 17 heavy (non-hydrogen) atoms. The van der Waals surface area contributed by atoms with Crippen LogP contribution >= 0.6 is 0 Å². The molecular formula is C10H13N5O2. The second-order valence-corrected chi connectivity index (χ2v) is 3.77. The van der Waals surface area contributed by atoms with Gasteiger partial charge in [0, 0.05) is 25.0 Å². The van der Waals surface area contributed by atoms with Crippen LogP contribution in [0.5, 0.6) is 0 Å². The first-order chi connectivity index (χ1) is 8.11. The van der Waals surface area contributed by atoms with E-state index in [0.717, 1.165) is 4.90 Å². The molecule has 7 heteroatoms. The average Bonchev–Trinajstić information content (AvgIpc) is 2.57. The van der Waals surface area contributed by atoms with E-state index < -0.39 is 6.04 Å². The Hall–Kier alpha value is -2.15. The number of likely N-dealkylation sites (N-methyl/N-ethyl adjacent to an activating group) is 1. The van der Waals surface area contributed by atoms with Crippen molar-refractivity contribution in [3.8, 4) is 0 Å². The number of rotatable bonds is 3. The lowest BCUT2D eigenvalue weighted by Crippen LogP contribution is -2.31. The van der Waals surface area contributed by atoms with E-state index in [4.69, 9.17) is 5.84 Å². The summed E-state index contributed by atoms with van der Waals surface area (Å²) in [7, 11) is 1.48. The quantitative estimate of drug-likeness (QED) is 0.372. The van der Waals surface area contributed by atoms with Crippen LogP contribution in [0.15, 0.2) is 18.3 Å². The van der Waals surface area contributed by atoms with E-state index >= 15 is 0 Å². The van der Waals surface area contributed by atoms with Crippen LogP contribution in [0.3, 0.4) is 0 Å². The summed E-state index contributed by atoms with van der Waals surface area (Å²) in [6.45, 7) is 0. The number of amides is 2. The van der Waals surface area contributed by atoms with Crippen LogP contribution in [-0.4, -0.2) is 34.8 Å². The fourth-order valence-electron chi connectivity index (χ4n) is 1.67. The van der Waals surface area contributed by atoms with Gasteiger partial charge in [-0.2, -0.15) is 0 Å². The minimum atomic E-state index is -0.513. The van der Waals surface area contributed by atoms with Crippen molar-refractivity contribution in [2.24, 2.45) is 5.84 Å². The first-order valence-corrected chi connectivity index (χ1v) is 5.11. The second-order valence-electron chi connectivity index (χ2n) is 3.77. The van der Waals surface area contributed by atoms with Gasteiger partial charge in [0.15, 0.2) is 0 Å². The van der Waals surface area contributed by atoms with Crippen LogP contribution in [-0.2, 0) is 9.59 Å². The number of nitrogens with one attached hydrogen (secondary N) is 2. The van der Waals surface area contributed by atoms with E-state index in [2.05, 4.69) is 15.7 Å². The monoisotopic (exact) mass is 235 g/mol. The normalized spacial score (nSPS) is 19.6. The zero-order chi connectivity index (χ0) is 12.4. The fraction of sp³-hybridized carbons (Fsp3) is 0.300. The highest BCUT2D eigenvalue weighted by molar-refractivity contribution is 6.06. The highest BCUT2D eigenvalue weighted by atomic mass is 16.2. The standard InChI is InChI=1S/C10H13N5O2/c1-15-9(16)5-7(10(15)17)13-6-2-3-12-8(4-6)14-11/h2-4,7H,5,11H2,1H3,(H2,12,13,14). The highest BCUT2D eigenvalue weighted by Gasteiger charge is 2.35. The largest absolute Gasteiger partial charge is 0.373 e. The van der Waals surface area contributed by atoms with Gasteiger partial charge in [0.1, 0.15) is 11.9 Å². The maximum absolute atomic E-state index is 11.7. The molecule has 1 saturated heterocycles. The minimum Gasteiger partial charge on any atom is -0.373 e. The van der Waals surface area contributed by atoms with E-state index in [9.17, 15) is 9.59 Å². The van der Waals surface area contributed by atoms with E-state index in [-0.39, 0.29) is 18.2 Å². The number of aromatic nitrogens is 1. The minimum absolute atomic E-state index is 0.170. The summed E-state index contributed by atoms with van der Waals surface area (Å²) in [6.07, 6.45) is 1.73. The van der Waals surface area contributed by atoms with Gasteiger partial charge in [0.25, 0.3) is 5.91 Å². The number of nitrogens with two attached hydrogens (primary N) is 1. The number of likely N-dealkylation sites (tertiary alicyclic amines) is 1. The molecule has 1 unspecified atom stereocenters. The first-order valence-electron chi connectivity index (χ1n) is 5.11. The third-order valence-electron chi connectivity index (χ3n) is 2.63. The Balaban J connectivity index is 2.11. The van der Waals surface area contributed by atoms with Crippen molar-refractivity contribution in [3.05, 3.63) is 18.3 Å². The number of hydrogen-bond acceptors (Lipinski definition) is 6. The number of anilines is 2. The Bertz CT molecular complexity index is 462. The Morgan fingerprint density at radius 3 is 2.88 bits per heavy atom. The average molecular weight is 235 g/mol. The highest BCUT2D eigenvalue weighted by Crippen LogP contribution is 2.18. The van der Waals surface area contributed by atoms with Crippen molar-refractivity contribution in [2.45, 2.75) is 12.5 Å². The maximum Gasteiger partial charge on any atom is 0.251 e. The van der Waals surface area contributed by atoms with Crippen molar-refractivity contribution in [3.63, 3.8) is 0 Å². The number of carbonyl (C=O) groups is 2.